The molecule has 1 aliphatic rings. The van der Waals surface area contributed by atoms with E-state index < -0.39 is 5.91 Å². The minimum absolute atomic E-state index is 0.0312. The number of hydrogen-bond donors (Lipinski definition) is 3. The monoisotopic (exact) mass is 507 g/mol. The van der Waals surface area contributed by atoms with E-state index in [1.54, 1.807) is 23.7 Å². The van der Waals surface area contributed by atoms with Crippen molar-refractivity contribution >= 4 is 61.1 Å². The first-order valence-corrected chi connectivity index (χ1v) is 12.9. The zero-order valence-electron chi connectivity index (χ0n) is 19.2. The maximum Gasteiger partial charge on any atom is 0.270 e. The lowest BCUT2D eigenvalue weighted by Crippen LogP contribution is -2.43. The Labute approximate surface area is 210 Å². The van der Waals surface area contributed by atoms with Gasteiger partial charge in [-0.15, -0.1) is 11.3 Å². The number of anilines is 3. The number of aromatic nitrogens is 2. The van der Waals surface area contributed by atoms with Gasteiger partial charge in [-0.25, -0.2) is 4.98 Å². The van der Waals surface area contributed by atoms with Crippen LogP contribution in [0.4, 0.5) is 15.8 Å². The summed E-state index contributed by atoms with van der Waals surface area (Å²) in [5.41, 5.74) is 6.93. The second kappa shape index (κ2) is 10.1. The lowest BCUT2D eigenvalue weighted by atomic mass is 10.1. The molecule has 4 N–H and O–H groups in total. The first-order valence-electron chi connectivity index (χ1n) is 11.2. The van der Waals surface area contributed by atoms with Gasteiger partial charge in [-0.05, 0) is 36.7 Å². The molecular formula is C24H25N7O2S2. The summed E-state index contributed by atoms with van der Waals surface area (Å²) in [5.74, 6) is -0.989. The summed E-state index contributed by atoms with van der Waals surface area (Å²) in [6, 6.07) is 9.65. The quantitative estimate of drug-likeness (QED) is 0.350. The number of hydrogen-bond acceptors (Lipinski definition) is 9. The highest BCUT2D eigenvalue weighted by atomic mass is 32.1. The van der Waals surface area contributed by atoms with Crippen LogP contribution >= 0.6 is 22.7 Å². The molecule has 1 fully saturated rings. The van der Waals surface area contributed by atoms with Gasteiger partial charge in [0.05, 0.1) is 5.56 Å². The van der Waals surface area contributed by atoms with Gasteiger partial charge in [-0.3, -0.25) is 19.5 Å². The third kappa shape index (κ3) is 5.49. The first-order chi connectivity index (χ1) is 16.9. The van der Waals surface area contributed by atoms with E-state index in [1.165, 1.54) is 11.3 Å². The van der Waals surface area contributed by atoms with Crippen LogP contribution in [-0.4, -0.2) is 64.8 Å². The van der Waals surface area contributed by atoms with Crippen LogP contribution < -0.4 is 16.4 Å². The summed E-state index contributed by atoms with van der Waals surface area (Å²) in [4.78, 5) is 39.2. The lowest BCUT2D eigenvalue weighted by Gasteiger charge is -2.31. The Morgan fingerprint density at radius 1 is 1.11 bits per heavy atom. The van der Waals surface area contributed by atoms with Crippen LogP contribution in [0.5, 0.6) is 0 Å². The van der Waals surface area contributed by atoms with Crippen molar-refractivity contribution in [1.29, 1.82) is 0 Å². The molecule has 0 aliphatic carbocycles. The smallest absolute Gasteiger partial charge is 0.270 e. The molecular weight excluding hydrogens is 482 g/mol. The van der Waals surface area contributed by atoms with Gasteiger partial charge < -0.3 is 21.3 Å². The van der Waals surface area contributed by atoms with Crippen LogP contribution in [-0.2, 0) is 6.54 Å². The summed E-state index contributed by atoms with van der Waals surface area (Å²) in [6.07, 6.45) is 3.53. The van der Waals surface area contributed by atoms with E-state index in [0.29, 0.717) is 15.7 Å². The number of carbonyl (C=O) groups excluding carboxylic acids is 2. The summed E-state index contributed by atoms with van der Waals surface area (Å²) >= 11 is 2.73. The molecule has 9 nitrogen and oxygen atoms in total. The van der Waals surface area contributed by atoms with Gasteiger partial charge in [0.25, 0.3) is 11.8 Å². The maximum absolute atomic E-state index is 12.9. The van der Waals surface area contributed by atoms with Gasteiger partial charge >= 0.3 is 0 Å². The molecule has 1 aromatic carbocycles. The summed E-state index contributed by atoms with van der Waals surface area (Å²) in [5, 5.41) is 10.7. The summed E-state index contributed by atoms with van der Waals surface area (Å²) < 4.78 is 0. The van der Waals surface area contributed by atoms with Crippen molar-refractivity contribution < 1.29 is 9.59 Å². The van der Waals surface area contributed by atoms with Crippen LogP contribution in [0.15, 0.2) is 48.1 Å². The highest BCUT2D eigenvalue weighted by Crippen LogP contribution is 2.32. The number of rotatable bonds is 7. The predicted molar refractivity (Wildman–Crippen MR) is 141 cm³/mol. The van der Waals surface area contributed by atoms with Gasteiger partial charge in [0, 0.05) is 66.4 Å². The Hall–Kier alpha value is -3.38. The second-order valence-corrected chi connectivity index (χ2v) is 10.5. The molecule has 0 saturated carbocycles. The lowest BCUT2D eigenvalue weighted by molar-refractivity contribution is 0.0997. The molecule has 11 heteroatoms. The molecule has 3 aromatic heterocycles. The third-order valence-corrected chi connectivity index (χ3v) is 7.68. The van der Waals surface area contributed by atoms with Crippen molar-refractivity contribution in [1.82, 2.24) is 19.8 Å². The number of fused-ring (bicyclic) bond motifs is 1. The van der Waals surface area contributed by atoms with Crippen LogP contribution in [0, 0.1) is 0 Å². The van der Waals surface area contributed by atoms with E-state index in [1.807, 2.05) is 35.7 Å². The SMILES string of the molecule is CN1CCN(Cc2cc(C(=O)Nc3sc(Nc4ccc5cnccc5c4)nc3C(N)=O)cs2)CC1. The zero-order valence-corrected chi connectivity index (χ0v) is 20.8. The van der Waals surface area contributed by atoms with Crippen LogP contribution in [0.25, 0.3) is 10.8 Å². The number of nitrogens with two attached hydrogens (primary N) is 1. The van der Waals surface area contributed by atoms with Crippen molar-refractivity contribution in [3.63, 3.8) is 0 Å². The summed E-state index contributed by atoms with van der Waals surface area (Å²) in [7, 11) is 2.13. The predicted octanol–water partition coefficient (Wildman–Crippen LogP) is 3.60. The molecule has 180 valence electrons. The molecule has 1 saturated heterocycles. The van der Waals surface area contributed by atoms with Crippen molar-refractivity contribution in [2.24, 2.45) is 5.73 Å². The molecule has 35 heavy (non-hydrogen) atoms. The number of thiazole rings is 1. The van der Waals surface area contributed by atoms with E-state index in [4.69, 9.17) is 5.73 Å². The third-order valence-electron chi connectivity index (χ3n) is 5.87. The Bertz CT molecular complexity index is 1380. The Morgan fingerprint density at radius 3 is 2.74 bits per heavy atom. The average Bonchev–Trinajstić information content (AvgIpc) is 3.48. The Kier molecular flexibility index (Phi) is 6.73. The number of nitrogens with zero attached hydrogens (tertiary/aromatic N) is 4. The van der Waals surface area contributed by atoms with Crippen LogP contribution in [0.2, 0.25) is 0 Å². The number of carbonyl (C=O) groups is 2. The van der Waals surface area contributed by atoms with Crippen LogP contribution in [0.1, 0.15) is 25.7 Å². The minimum Gasteiger partial charge on any atom is -0.364 e. The number of pyridine rings is 1. The van der Waals surface area contributed by atoms with Crippen molar-refractivity contribution in [3.8, 4) is 0 Å². The first kappa shape index (κ1) is 23.4. The Balaban J connectivity index is 1.28. The second-order valence-electron chi connectivity index (χ2n) is 8.46. The molecule has 2 amide bonds. The standard InChI is InChI=1S/C24H25N7O2S2/c1-30-6-8-31(9-7-30)13-19-11-17(14-34-19)22(33)29-23-20(21(25)32)28-24(35-23)27-18-3-2-16-12-26-5-4-15(16)10-18/h2-5,10-12,14H,6-9,13H2,1H3,(H2,25,32)(H,27,28)(H,29,33). The fourth-order valence-corrected chi connectivity index (χ4v) is 5.69. The number of nitrogens with one attached hydrogen (secondary N) is 2. The topological polar surface area (TPSA) is 116 Å². The van der Waals surface area contributed by atoms with E-state index >= 15 is 0 Å². The van der Waals surface area contributed by atoms with Crippen molar-refractivity contribution in [2.45, 2.75) is 6.54 Å². The highest BCUT2D eigenvalue weighted by molar-refractivity contribution is 7.20. The fourth-order valence-electron chi connectivity index (χ4n) is 3.89. The molecule has 0 bridgehead atoms. The molecule has 5 rings (SSSR count). The van der Waals surface area contributed by atoms with Crippen molar-refractivity contribution in [3.05, 3.63) is 64.2 Å². The van der Waals surface area contributed by atoms with E-state index in [2.05, 4.69) is 37.4 Å². The molecule has 0 radical (unpaired) electrons. The number of primary amides is 1. The molecule has 0 atom stereocenters. The maximum atomic E-state index is 12.9. The largest absolute Gasteiger partial charge is 0.364 e. The molecule has 4 heterocycles. The van der Waals surface area contributed by atoms with Gasteiger partial charge in [0.15, 0.2) is 10.8 Å². The van der Waals surface area contributed by atoms with Gasteiger partial charge in [-0.1, -0.05) is 17.4 Å². The minimum atomic E-state index is -0.699. The van der Waals surface area contributed by atoms with E-state index in [0.717, 1.165) is 54.1 Å². The highest BCUT2D eigenvalue weighted by Gasteiger charge is 2.20. The average molecular weight is 508 g/mol. The van der Waals surface area contributed by atoms with E-state index in [9.17, 15) is 9.59 Å². The van der Waals surface area contributed by atoms with E-state index in [-0.39, 0.29) is 11.6 Å². The number of benzene rings is 1. The fraction of sp³-hybridized carbons (Fsp3) is 0.250. The molecule has 0 spiro atoms. The number of likely N-dealkylation sites (N-methyl/N-ethyl adjacent to an activating group) is 1. The van der Waals surface area contributed by atoms with Gasteiger partial charge in [-0.2, -0.15) is 0 Å². The number of thiophene rings is 1. The molecule has 0 unspecified atom stereocenters. The normalized spacial score (nSPS) is 14.8. The van der Waals surface area contributed by atoms with Gasteiger partial charge in [0.2, 0.25) is 0 Å². The molecule has 1 aliphatic heterocycles. The van der Waals surface area contributed by atoms with Gasteiger partial charge in [0.1, 0.15) is 5.00 Å². The zero-order chi connectivity index (χ0) is 24.4. The molecule has 4 aromatic rings. The number of piperazine rings is 1. The summed E-state index contributed by atoms with van der Waals surface area (Å²) in [6.45, 7) is 4.96. The number of amides is 2. The van der Waals surface area contributed by atoms with Crippen LogP contribution in [0.3, 0.4) is 0 Å². The van der Waals surface area contributed by atoms with Crippen molar-refractivity contribution in [2.75, 3.05) is 43.9 Å². The Morgan fingerprint density at radius 2 is 1.94 bits per heavy atom.